The van der Waals surface area contributed by atoms with Gasteiger partial charge in [-0.15, -0.1) is 0 Å². The highest BCUT2D eigenvalue weighted by Gasteiger charge is 2.24. The number of likely N-dealkylation sites (N-methyl/N-ethyl adjacent to an activating group) is 1. The lowest BCUT2D eigenvalue weighted by Crippen LogP contribution is -2.47. The fourth-order valence-corrected chi connectivity index (χ4v) is 1.81. The summed E-state index contributed by atoms with van der Waals surface area (Å²) in [5, 5.41) is 8.84. The number of hydrogen-bond acceptors (Lipinski definition) is 3. The molecule has 1 saturated heterocycles. The highest BCUT2D eigenvalue weighted by molar-refractivity contribution is 5.73. The minimum absolute atomic E-state index is 0.0636. The van der Waals surface area contributed by atoms with Crippen LogP contribution >= 0.6 is 0 Å². The maximum absolute atomic E-state index is 10.8. The van der Waals surface area contributed by atoms with Gasteiger partial charge in [0, 0.05) is 12.7 Å². The number of anilines is 1. The molecule has 4 heteroatoms. The van der Waals surface area contributed by atoms with Crippen LogP contribution in [0.3, 0.4) is 0 Å². The summed E-state index contributed by atoms with van der Waals surface area (Å²) in [5.74, 6) is -0.800. The summed E-state index contributed by atoms with van der Waals surface area (Å²) in [6, 6.07) is 7.98. The third-order valence-corrected chi connectivity index (χ3v) is 2.88. The number of benzene rings is 1. The molecule has 0 amide bonds. The molecule has 16 heavy (non-hydrogen) atoms. The molecular weight excluding hydrogens is 206 g/mol. The Morgan fingerprint density at radius 3 is 2.75 bits per heavy atom. The number of hydrogen-bond donors (Lipinski definition) is 1. The monoisotopic (exact) mass is 221 g/mol. The van der Waals surface area contributed by atoms with E-state index in [2.05, 4.69) is 4.90 Å². The van der Waals surface area contributed by atoms with Crippen molar-refractivity contribution < 1.29 is 14.6 Å². The van der Waals surface area contributed by atoms with Crippen molar-refractivity contribution in [2.24, 2.45) is 0 Å². The largest absolute Gasteiger partial charge is 0.481 e. The van der Waals surface area contributed by atoms with E-state index in [1.54, 1.807) is 0 Å². The van der Waals surface area contributed by atoms with Crippen LogP contribution in [-0.4, -0.2) is 37.4 Å². The topological polar surface area (TPSA) is 49.8 Å². The molecule has 1 aliphatic heterocycles. The Morgan fingerprint density at radius 1 is 1.50 bits per heavy atom. The van der Waals surface area contributed by atoms with Crippen LogP contribution in [0.2, 0.25) is 0 Å². The number of nitrogens with zero attached hydrogens (tertiary/aromatic N) is 1. The van der Waals surface area contributed by atoms with E-state index in [-0.39, 0.29) is 6.42 Å². The summed E-state index contributed by atoms with van der Waals surface area (Å²) < 4.78 is 5.14. The second-order valence-corrected chi connectivity index (χ2v) is 4.00. The average molecular weight is 221 g/mol. The SMILES string of the molecule is CN(c1ccccc1CC(=O)O)C1COC1. The van der Waals surface area contributed by atoms with E-state index in [0.717, 1.165) is 24.5 Å². The Hall–Kier alpha value is -1.55. The van der Waals surface area contributed by atoms with Crippen LogP contribution in [0.1, 0.15) is 5.56 Å². The van der Waals surface area contributed by atoms with Gasteiger partial charge in [0.05, 0.1) is 25.7 Å². The first-order valence-electron chi connectivity index (χ1n) is 5.29. The molecule has 1 N–H and O–H groups in total. The molecule has 1 heterocycles. The molecule has 0 spiro atoms. The number of carbonyl (C=O) groups is 1. The Bertz CT molecular complexity index is 388. The molecular formula is C12H15NO3. The van der Waals surface area contributed by atoms with Gasteiger partial charge in [0.2, 0.25) is 0 Å². The molecule has 1 aromatic carbocycles. The minimum Gasteiger partial charge on any atom is -0.481 e. The molecule has 0 aromatic heterocycles. The van der Waals surface area contributed by atoms with Crippen molar-refractivity contribution in [2.45, 2.75) is 12.5 Å². The van der Waals surface area contributed by atoms with Crippen LogP contribution in [0.5, 0.6) is 0 Å². The zero-order chi connectivity index (χ0) is 11.5. The first-order valence-corrected chi connectivity index (χ1v) is 5.29. The average Bonchev–Trinajstić information content (AvgIpc) is 2.14. The lowest BCUT2D eigenvalue weighted by Gasteiger charge is -2.37. The molecule has 0 atom stereocenters. The summed E-state index contributed by atoms with van der Waals surface area (Å²) in [4.78, 5) is 12.9. The first kappa shape index (κ1) is 11.0. The predicted octanol–water partition coefficient (Wildman–Crippen LogP) is 1.15. The van der Waals surface area contributed by atoms with Crippen LogP contribution in [0, 0.1) is 0 Å². The van der Waals surface area contributed by atoms with Crippen molar-refractivity contribution in [1.82, 2.24) is 0 Å². The summed E-state index contributed by atoms with van der Waals surface area (Å²) in [6.07, 6.45) is 0.0636. The third-order valence-electron chi connectivity index (χ3n) is 2.88. The second-order valence-electron chi connectivity index (χ2n) is 4.00. The van der Waals surface area contributed by atoms with Gasteiger partial charge in [0.1, 0.15) is 0 Å². The van der Waals surface area contributed by atoms with Gasteiger partial charge < -0.3 is 14.7 Å². The van der Waals surface area contributed by atoms with E-state index >= 15 is 0 Å². The van der Waals surface area contributed by atoms with Gasteiger partial charge in [-0.05, 0) is 11.6 Å². The molecule has 1 fully saturated rings. The number of para-hydroxylation sites is 1. The number of aliphatic carboxylic acids is 1. The molecule has 4 nitrogen and oxygen atoms in total. The molecule has 0 bridgehead atoms. The lowest BCUT2D eigenvalue weighted by molar-refractivity contribution is -0.136. The Kier molecular flexibility index (Phi) is 3.10. The van der Waals surface area contributed by atoms with Crippen LogP contribution in [0.25, 0.3) is 0 Å². The number of rotatable bonds is 4. The van der Waals surface area contributed by atoms with Gasteiger partial charge in [-0.2, -0.15) is 0 Å². The highest BCUT2D eigenvalue weighted by atomic mass is 16.5. The van der Waals surface area contributed by atoms with E-state index in [0.29, 0.717) is 6.04 Å². The summed E-state index contributed by atoms with van der Waals surface area (Å²) in [6.45, 7) is 1.44. The molecule has 1 aromatic rings. The summed E-state index contributed by atoms with van der Waals surface area (Å²) in [5.41, 5.74) is 1.84. The standard InChI is InChI=1S/C12H15NO3/c1-13(10-7-16-8-10)11-5-3-2-4-9(11)6-12(14)15/h2-5,10H,6-8H2,1H3,(H,14,15). The van der Waals surface area contributed by atoms with E-state index in [9.17, 15) is 4.79 Å². The van der Waals surface area contributed by atoms with E-state index in [1.807, 2.05) is 31.3 Å². The van der Waals surface area contributed by atoms with Crippen LogP contribution < -0.4 is 4.90 Å². The van der Waals surface area contributed by atoms with E-state index < -0.39 is 5.97 Å². The van der Waals surface area contributed by atoms with Crippen LogP contribution in [0.15, 0.2) is 24.3 Å². The fraction of sp³-hybridized carbons (Fsp3) is 0.417. The lowest BCUT2D eigenvalue weighted by atomic mass is 10.1. The molecule has 0 unspecified atom stereocenters. The van der Waals surface area contributed by atoms with Gasteiger partial charge >= 0.3 is 5.97 Å². The van der Waals surface area contributed by atoms with Crippen molar-refractivity contribution in [3.05, 3.63) is 29.8 Å². The summed E-state index contributed by atoms with van der Waals surface area (Å²) >= 11 is 0. The maximum atomic E-state index is 10.8. The van der Waals surface area contributed by atoms with Gasteiger partial charge in [-0.1, -0.05) is 18.2 Å². The van der Waals surface area contributed by atoms with Crippen LogP contribution in [0.4, 0.5) is 5.69 Å². The normalized spacial score (nSPS) is 15.6. The molecule has 0 aliphatic carbocycles. The molecule has 0 saturated carbocycles. The van der Waals surface area contributed by atoms with E-state index in [1.165, 1.54) is 0 Å². The minimum atomic E-state index is -0.800. The first-order chi connectivity index (χ1) is 7.68. The Balaban J connectivity index is 2.20. The Labute approximate surface area is 94.4 Å². The predicted molar refractivity (Wildman–Crippen MR) is 60.8 cm³/mol. The third kappa shape index (κ3) is 2.17. The maximum Gasteiger partial charge on any atom is 0.307 e. The van der Waals surface area contributed by atoms with E-state index in [4.69, 9.17) is 9.84 Å². The van der Waals surface area contributed by atoms with Crippen LogP contribution in [-0.2, 0) is 16.0 Å². The number of carboxylic acids is 1. The molecule has 1 aliphatic rings. The molecule has 2 rings (SSSR count). The smallest absolute Gasteiger partial charge is 0.307 e. The van der Waals surface area contributed by atoms with Crippen molar-refractivity contribution >= 4 is 11.7 Å². The zero-order valence-electron chi connectivity index (χ0n) is 9.22. The highest BCUT2D eigenvalue weighted by Crippen LogP contribution is 2.24. The van der Waals surface area contributed by atoms with Gasteiger partial charge in [0.25, 0.3) is 0 Å². The van der Waals surface area contributed by atoms with Crippen molar-refractivity contribution in [2.75, 3.05) is 25.2 Å². The van der Waals surface area contributed by atoms with Gasteiger partial charge in [0.15, 0.2) is 0 Å². The number of ether oxygens (including phenoxy) is 1. The molecule has 0 radical (unpaired) electrons. The fourth-order valence-electron chi connectivity index (χ4n) is 1.81. The Morgan fingerprint density at radius 2 is 2.19 bits per heavy atom. The quantitative estimate of drug-likeness (QED) is 0.828. The zero-order valence-corrected chi connectivity index (χ0v) is 9.22. The number of carboxylic acid groups (broad SMARTS) is 1. The second kappa shape index (κ2) is 4.53. The van der Waals surface area contributed by atoms with Crippen molar-refractivity contribution in [1.29, 1.82) is 0 Å². The molecule has 86 valence electrons. The van der Waals surface area contributed by atoms with Gasteiger partial charge in [-0.3, -0.25) is 4.79 Å². The van der Waals surface area contributed by atoms with Crippen molar-refractivity contribution in [3.63, 3.8) is 0 Å². The van der Waals surface area contributed by atoms with Crippen molar-refractivity contribution in [3.8, 4) is 0 Å². The summed E-state index contributed by atoms with van der Waals surface area (Å²) in [7, 11) is 1.98. The van der Waals surface area contributed by atoms with Gasteiger partial charge in [-0.25, -0.2) is 0 Å².